The molecule has 0 atom stereocenters. The van der Waals surface area contributed by atoms with Gasteiger partial charge in [-0.05, 0) is 25.5 Å². The zero-order valence-electron chi connectivity index (χ0n) is 8.20. The van der Waals surface area contributed by atoms with Crippen molar-refractivity contribution < 1.29 is 0 Å². The van der Waals surface area contributed by atoms with Gasteiger partial charge < -0.3 is 0 Å². The van der Waals surface area contributed by atoms with Crippen LogP contribution in [0, 0.1) is 11.3 Å². The average Bonchev–Trinajstić information content (AvgIpc) is 2.64. The normalized spacial score (nSPS) is 11.5. The number of aromatic nitrogens is 2. The first-order valence-electron chi connectivity index (χ1n) is 4.48. The number of benzene rings is 1. The van der Waals surface area contributed by atoms with E-state index in [1.165, 1.54) is 0 Å². The molecular weight excluding hydrogens is 174 g/mol. The van der Waals surface area contributed by atoms with E-state index in [-0.39, 0.29) is 0 Å². The topological polar surface area (TPSA) is 52.5 Å². The number of hydrogen-bond acceptors (Lipinski definition) is 2. The van der Waals surface area contributed by atoms with Crippen molar-refractivity contribution in [2.45, 2.75) is 19.3 Å². The van der Waals surface area contributed by atoms with Crippen molar-refractivity contribution in [3.05, 3.63) is 30.0 Å². The minimum Gasteiger partial charge on any atom is -0.278 e. The second kappa shape index (κ2) is 2.85. The maximum atomic E-state index is 8.99. The summed E-state index contributed by atoms with van der Waals surface area (Å²) in [4.78, 5) is 0. The fourth-order valence-electron chi connectivity index (χ4n) is 1.39. The second-order valence-corrected chi connectivity index (χ2v) is 3.91. The molecule has 1 aromatic heterocycles. The van der Waals surface area contributed by atoms with Gasteiger partial charge in [0.2, 0.25) is 0 Å². The van der Waals surface area contributed by atoms with Crippen LogP contribution < -0.4 is 0 Å². The van der Waals surface area contributed by atoms with Crippen LogP contribution >= 0.6 is 0 Å². The largest absolute Gasteiger partial charge is 0.278 e. The number of nitrogens with zero attached hydrogens (tertiary/aromatic N) is 2. The lowest BCUT2D eigenvalue weighted by molar-refractivity contribution is 0.688. The molecule has 0 aliphatic heterocycles. The van der Waals surface area contributed by atoms with Crippen molar-refractivity contribution in [1.29, 1.82) is 5.26 Å². The standard InChI is InChI=1S/C11H11N3/c1-11(2,7-12)9-4-3-8-6-13-14-10(8)5-9/h3-6H,1-2H3,(H,13,14). The Morgan fingerprint density at radius 2 is 2.21 bits per heavy atom. The molecule has 2 rings (SSSR count). The van der Waals surface area contributed by atoms with Crippen LogP contribution in [0.2, 0.25) is 0 Å². The van der Waals surface area contributed by atoms with Gasteiger partial charge in [-0.1, -0.05) is 12.1 Å². The van der Waals surface area contributed by atoms with Gasteiger partial charge in [0.05, 0.1) is 23.2 Å². The van der Waals surface area contributed by atoms with Gasteiger partial charge in [0.25, 0.3) is 0 Å². The van der Waals surface area contributed by atoms with Gasteiger partial charge in [0.15, 0.2) is 0 Å². The maximum Gasteiger partial charge on any atom is 0.0767 e. The molecule has 0 radical (unpaired) electrons. The zero-order chi connectivity index (χ0) is 10.2. The first-order chi connectivity index (χ1) is 6.63. The van der Waals surface area contributed by atoms with E-state index in [9.17, 15) is 0 Å². The molecule has 0 spiro atoms. The van der Waals surface area contributed by atoms with Crippen LogP contribution in [0.25, 0.3) is 10.9 Å². The van der Waals surface area contributed by atoms with Crippen molar-refractivity contribution in [1.82, 2.24) is 10.2 Å². The van der Waals surface area contributed by atoms with Crippen LogP contribution in [0.5, 0.6) is 0 Å². The number of hydrogen-bond donors (Lipinski definition) is 1. The highest BCUT2D eigenvalue weighted by molar-refractivity contribution is 5.78. The van der Waals surface area contributed by atoms with E-state index in [2.05, 4.69) is 16.3 Å². The van der Waals surface area contributed by atoms with E-state index in [1.807, 2.05) is 32.0 Å². The van der Waals surface area contributed by atoms with E-state index in [0.29, 0.717) is 0 Å². The smallest absolute Gasteiger partial charge is 0.0767 e. The predicted octanol–water partition coefficient (Wildman–Crippen LogP) is 2.36. The summed E-state index contributed by atoms with van der Waals surface area (Å²) >= 11 is 0. The van der Waals surface area contributed by atoms with Crippen LogP contribution in [-0.4, -0.2) is 10.2 Å². The van der Waals surface area contributed by atoms with E-state index in [4.69, 9.17) is 5.26 Å². The van der Waals surface area contributed by atoms with Crippen molar-refractivity contribution in [2.24, 2.45) is 0 Å². The molecule has 0 aliphatic rings. The van der Waals surface area contributed by atoms with E-state index in [0.717, 1.165) is 16.5 Å². The molecule has 1 N–H and O–H groups in total. The summed E-state index contributed by atoms with van der Waals surface area (Å²) in [6.45, 7) is 3.81. The first-order valence-corrected chi connectivity index (χ1v) is 4.48. The lowest BCUT2D eigenvalue weighted by atomic mass is 9.86. The SMILES string of the molecule is CC(C)(C#N)c1ccc2cn[nH]c2c1. The van der Waals surface area contributed by atoms with Crippen LogP contribution in [-0.2, 0) is 5.41 Å². The van der Waals surface area contributed by atoms with Crippen LogP contribution in [0.4, 0.5) is 0 Å². The fourth-order valence-corrected chi connectivity index (χ4v) is 1.39. The van der Waals surface area contributed by atoms with Gasteiger partial charge >= 0.3 is 0 Å². The summed E-state index contributed by atoms with van der Waals surface area (Å²) in [7, 11) is 0. The van der Waals surface area contributed by atoms with Gasteiger partial charge in [-0.25, -0.2) is 0 Å². The molecule has 3 nitrogen and oxygen atoms in total. The average molecular weight is 185 g/mol. The maximum absolute atomic E-state index is 8.99. The Balaban J connectivity index is 2.61. The molecule has 1 aromatic carbocycles. The number of nitriles is 1. The van der Waals surface area contributed by atoms with E-state index in [1.54, 1.807) is 6.20 Å². The molecule has 0 aliphatic carbocycles. The Morgan fingerprint density at radius 3 is 2.93 bits per heavy atom. The molecule has 0 bridgehead atoms. The fraction of sp³-hybridized carbons (Fsp3) is 0.273. The Hall–Kier alpha value is -1.82. The Labute approximate surface area is 82.4 Å². The number of nitrogens with one attached hydrogen (secondary N) is 1. The Morgan fingerprint density at radius 1 is 1.43 bits per heavy atom. The summed E-state index contributed by atoms with van der Waals surface area (Å²) in [6, 6.07) is 8.21. The number of aromatic amines is 1. The highest BCUT2D eigenvalue weighted by Gasteiger charge is 2.19. The molecular formula is C11H11N3. The molecule has 0 saturated heterocycles. The minimum atomic E-state index is -0.445. The third-order valence-electron chi connectivity index (χ3n) is 2.44. The monoisotopic (exact) mass is 185 g/mol. The third kappa shape index (κ3) is 1.25. The van der Waals surface area contributed by atoms with Crippen LogP contribution in [0.3, 0.4) is 0 Å². The molecule has 14 heavy (non-hydrogen) atoms. The molecule has 2 aromatic rings. The van der Waals surface area contributed by atoms with Gasteiger partial charge in [0.1, 0.15) is 0 Å². The summed E-state index contributed by atoms with van der Waals surface area (Å²) < 4.78 is 0. The quantitative estimate of drug-likeness (QED) is 0.741. The van der Waals surface area contributed by atoms with Crippen molar-refractivity contribution >= 4 is 10.9 Å². The van der Waals surface area contributed by atoms with Gasteiger partial charge in [-0.15, -0.1) is 0 Å². The second-order valence-electron chi connectivity index (χ2n) is 3.91. The molecule has 0 saturated carbocycles. The summed E-state index contributed by atoms with van der Waals surface area (Å²) in [6.07, 6.45) is 1.78. The van der Waals surface area contributed by atoms with E-state index < -0.39 is 5.41 Å². The van der Waals surface area contributed by atoms with Crippen molar-refractivity contribution in [3.8, 4) is 6.07 Å². The highest BCUT2D eigenvalue weighted by atomic mass is 15.1. The first kappa shape index (κ1) is 8.76. The van der Waals surface area contributed by atoms with Gasteiger partial charge in [-0.3, -0.25) is 5.10 Å². The lowest BCUT2D eigenvalue weighted by Crippen LogP contribution is -2.13. The lowest BCUT2D eigenvalue weighted by Gasteiger charge is -2.15. The third-order valence-corrected chi connectivity index (χ3v) is 2.44. The van der Waals surface area contributed by atoms with Gasteiger partial charge in [0, 0.05) is 5.39 Å². The predicted molar refractivity (Wildman–Crippen MR) is 54.7 cm³/mol. The Bertz CT molecular complexity index is 502. The highest BCUT2D eigenvalue weighted by Crippen LogP contribution is 2.24. The molecule has 1 heterocycles. The van der Waals surface area contributed by atoms with Crippen LogP contribution in [0.1, 0.15) is 19.4 Å². The van der Waals surface area contributed by atoms with Gasteiger partial charge in [-0.2, -0.15) is 10.4 Å². The number of rotatable bonds is 1. The zero-order valence-corrected chi connectivity index (χ0v) is 8.20. The molecule has 0 unspecified atom stereocenters. The molecule has 0 amide bonds. The molecule has 70 valence electrons. The molecule has 3 heteroatoms. The summed E-state index contributed by atoms with van der Waals surface area (Å²) in [5, 5.41) is 16.9. The summed E-state index contributed by atoms with van der Waals surface area (Å²) in [5.74, 6) is 0. The van der Waals surface area contributed by atoms with Crippen LogP contribution in [0.15, 0.2) is 24.4 Å². The molecule has 0 fully saturated rings. The minimum absolute atomic E-state index is 0.445. The number of fused-ring (bicyclic) bond motifs is 1. The van der Waals surface area contributed by atoms with Crippen molar-refractivity contribution in [3.63, 3.8) is 0 Å². The summed E-state index contributed by atoms with van der Waals surface area (Å²) in [5.41, 5.74) is 1.54. The van der Waals surface area contributed by atoms with Crippen molar-refractivity contribution in [2.75, 3.05) is 0 Å². The Kier molecular flexibility index (Phi) is 1.78. The number of H-pyrrole nitrogens is 1. The van der Waals surface area contributed by atoms with E-state index >= 15 is 0 Å².